The van der Waals surface area contributed by atoms with Gasteiger partial charge in [0.25, 0.3) is 0 Å². The lowest BCUT2D eigenvalue weighted by Gasteiger charge is -2.22. The Morgan fingerprint density at radius 1 is 0.947 bits per heavy atom. The highest BCUT2D eigenvalue weighted by Crippen LogP contribution is 2.41. The third-order valence-corrected chi connectivity index (χ3v) is 4.01. The summed E-state index contributed by atoms with van der Waals surface area (Å²) in [5.74, 6) is -1.04. The summed E-state index contributed by atoms with van der Waals surface area (Å²) in [6, 6.07) is 4.03. The van der Waals surface area contributed by atoms with E-state index in [0.29, 0.717) is 12.8 Å². The van der Waals surface area contributed by atoms with Crippen molar-refractivity contribution in [2.45, 2.75) is 26.7 Å². The van der Waals surface area contributed by atoms with Gasteiger partial charge in [0.15, 0.2) is 5.41 Å². The van der Waals surface area contributed by atoms with Crippen molar-refractivity contribution in [3.63, 3.8) is 0 Å². The van der Waals surface area contributed by atoms with E-state index in [4.69, 9.17) is 9.47 Å². The Labute approximate surface area is 112 Å². The molecule has 0 unspecified atom stereocenters. The predicted molar refractivity (Wildman–Crippen MR) is 69.8 cm³/mol. The first kappa shape index (κ1) is 13.6. The first-order valence-corrected chi connectivity index (χ1v) is 6.21. The van der Waals surface area contributed by atoms with Crippen LogP contribution < -0.4 is 0 Å². The third-order valence-electron chi connectivity index (χ3n) is 4.01. The number of rotatable bonds is 2. The van der Waals surface area contributed by atoms with Crippen molar-refractivity contribution in [1.29, 1.82) is 0 Å². The molecule has 0 fully saturated rings. The van der Waals surface area contributed by atoms with Crippen LogP contribution in [0.5, 0.6) is 0 Å². The minimum Gasteiger partial charge on any atom is -0.468 e. The molecule has 0 heterocycles. The van der Waals surface area contributed by atoms with E-state index in [1.807, 2.05) is 26.0 Å². The van der Waals surface area contributed by atoms with Crippen LogP contribution in [0.15, 0.2) is 12.1 Å². The minimum atomic E-state index is -1.22. The Balaban J connectivity index is 2.54. The molecule has 0 aliphatic heterocycles. The summed E-state index contributed by atoms with van der Waals surface area (Å²) < 4.78 is 9.66. The van der Waals surface area contributed by atoms with Crippen LogP contribution in [0.1, 0.15) is 22.3 Å². The summed E-state index contributed by atoms with van der Waals surface area (Å²) >= 11 is 0. The zero-order valence-corrected chi connectivity index (χ0v) is 11.7. The molecule has 0 aromatic heterocycles. The van der Waals surface area contributed by atoms with Gasteiger partial charge in [0.05, 0.1) is 14.2 Å². The van der Waals surface area contributed by atoms with Crippen molar-refractivity contribution in [2.24, 2.45) is 5.41 Å². The lowest BCUT2D eigenvalue weighted by Crippen LogP contribution is -2.42. The average Bonchev–Trinajstić information content (AvgIpc) is 2.84. The standard InChI is InChI=1S/C15H18O4/c1-9-5-6-10(2)12-8-15(7-11(9)12,13(16)18-3)14(17)19-4/h5-6H,7-8H2,1-4H3. The van der Waals surface area contributed by atoms with Gasteiger partial charge in [0.1, 0.15) is 0 Å². The fraction of sp³-hybridized carbons (Fsp3) is 0.467. The van der Waals surface area contributed by atoms with Crippen LogP contribution in [0.2, 0.25) is 0 Å². The second kappa shape index (κ2) is 4.68. The van der Waals surface area contributed by atoms with E-state index < -0.39 is 17.4 Å². The van der Waals surface area contributed by atoms with Crippen molar-refractivity contribution < 1.29 is 19.1 Å². The predicted octanol–water partition coefficient (Wildman–Crippen LogP) is 1.73. The topological polar surface area (TPSA) is 52.6 Å². The zero-order valence-electron chi connectivity index (χ0n) is 11.7. The Kier molecular flexibility index (Phi) is 3.35. The number of carbonyl (C=O) groups excluding carboxylic acids is 2. The largest absolute Gasteiger partial charge is 0.468 e. The van der Waals surface area contributed by atoms with E-state index in [9.17, 15) is 9.59 Å². The van der Waals surface area contributed by atoms with Crippen LogP contribution in [0.4, 0.5) is 0 Å². The number of hydrogen-bond donors (Lipinski definition) is 0. The summed E-state index contributed by atoms with van der Waals surface area (Å²) in [6.45, 7) is 3.98. The highest BCUT2D eigenvalue weighted by atomic mass is 16.5. The molecule has 0 saturated heterocycles. The summed E-state index contributed by atoms with van der Waals surface area (Å²) in [6.07, 6.45) is 0.713. The second-order valence-electron chi connectivity index (χ2n) is 5.08. The highest BCUT2D eigenvalue weighted by molar-refractivity contribution is 6.01. The first-order valence-electron chi connectivity index (χ1n) is 6.21. The van der Waals surface area contributed by atoms with Crippen LogP contribution >= 0.6 is 0 Å². The maximum Gasteiger partial charge on any atom is 0.323 e. The van der Waals surface area contributed by atoms with Gasteiger partial charge in [-0.05, 0) is 36.1 Å². The van der Waals surface area contributed by atoms with Crippen LogP contribution in [0.25, 0.3) is 0 Å². The number of benzene rings is 1. The molecule has 0 saturated carbocycles. The van der Waals surface area contributed by atoms with Gasteiger partial charge >= 0.3 is 11.9 Å². The minimum absolute atomic E-state index is 0.356. The number of fused-ring (bicyclic) bond motifs is 1. The van der Waals surface area contributed by atoms with Gasteiger partial charge in [-0.3, -0.25) is 9.59 Å². The van der Waals surface area contributed by atoms with E-state index in [1.165, 1.54) is 14.2 Å². The van der Waals surface area contributed by atoms with Gasteiger partial charge in [0.2, 0.25) is 0 Å². The molecule has 2 rings (SSSR count). The fourth-order valence-corrected chi connectivity index (χ4v) is 2.85. The molecule has 19 heavy (non-hydrogen) atoms. The summed E-state index contributed by atoms with van der Waals surface area (Å²) in [5.41, 5.74) is 3.10. The maximum atomic E-state index is 12.1. The Bertz CT molecular complexity index is 496. The SMILES string of the molecule is COC(=O)C1(C(=O)OC)Cc2c(C)ccc(C)c2C1. The van der Waals surface area contributed by atoms with Crippen molar-refractivity contribution >= 4 is 11.9 Å². The molecule has 0 N–H and O–H groups in total. The second-order valence-corrected chi connectivity index (χ2v) is 5.08. The fourth-order valence-electron chi connectivity index (χ4n) is 2.85. The van der Waals surface area contributed by atoms with Gasteiger partial charge in [0, 0.05) is 12.8 Å². The van der Waals surface area contributed by atoms with E-state index >= 15 is 0 Å². The lowest BCUT2D eigenvalue weighted by atomic mass is 9.84. The number of carbonyl (C=O) groups is 2. The number of esters is 2. The Morgan fingerprint density at radius 3 is 1.63 bits per heavy atom. The van der Waals surface area contributed by atoms with Gasteiger partial charge < -0.3 is 9.47 Å². The quantitative estimate of drug-likeness (QED) is 0.601. The molecule has 4 nitrogen and oxygen atoms in total. The molecule has 102 valence electrons. The molecular weight excluding hydrogens is 244 g/mol. The molecule has 0 amide bonds. The summed E-state index contributed by atoms with van der Waals surface area (Å²) in [7, 11) is 2.60. The van der Waals surface area contributed by atoms with Crippen LogP contribution in [0, 0.1) is 19.3 Å². The third kappa shape index (κ3) is 1.91. The van der Waals surface area contributed by atoms with Crippen LogP contribution in [0.3, 0.4) is 0 Å². The smallest absolute Gasteiger partial charge is 0.323 e. The van der Waals surface area contributed by atoms with E-state index in [1.54, 1.807) is 0 Å². The molecule has 0 radical (unpaired) electrons. The highest BCUT2D eigenvalue weighted by Gasteiger charge is 2.53. The van der Waals surface area contributed by atoms with Crippen LogP contribution in [-0.2, 0) is 31.9 Å². The van der Waals surface area contributed by atoms with Gasteiger partial charge in [-0.2, -0.15) is 0 Å². The van der Waals surface area contributed by atoms with Crippen molar-refractivity contribution in [1.82, 2.24) is 0 Å². The van der Waals surface area contributed by atoms with E-state index in [-0.39, 0.29) is 0 Å². The van der Waals surface area contributed by atoms with Crippen LogP contribution in [-0.4, -0.2) is 26.2 Å². The maximum absolute atomic E-state index is 12.1. The molecule has 0 spiro atoms. The number of methoxy groups -OCH3 is 2. The molecule has 1 aromatic rings. The van der Waals surface area contributed by atoms with Crippen molar-refractivity contribution in [3.05, 3.63) is 34.4 Å². The normalized spacial score (nSPS) is 15.8. The molecule has 4 heteroatoms. The molecule has 1 aromatic carbocycles. The monoisotopic (exact) mass is 262 g/mol. The zero-order chi connectivity index (χ0) is 14.2. The number of hydrogen-bond acceptors (Lipinski definition) is 4. The number of aryl methyl sites for hydroxylation is 2. The van der Waals surface area contributed by atoms with Crippen molar-refractivity contribution in [3.8, 4) is 0 Å². The van der Waals surface area contributed by atoms with Gasteiger partial charge in [-0.1, -0.05) is 12.1 Å². The van der Waals surface area contributed by atoms with Crippen molar-refractivity contribution in [2.75, 3.05) is 14.2 Å². The Hall–Kier alpha value is -1.84. The lowest BCUT2D eigenvalue weighted by molar-refractivity contribution is -0.168. The van der Waals surface area contributed by atoms with E-state index in [0.717, 1.165) is 22.3 Å². The molecule has 1 aliphatic rings. The van der Waals surface area contributed by atoms with E-state index in [2.05, 4.69) is 0 Å². The average molecular weight is 262 g/mol. The molecule has 1 aliphatic carbocycles. The summed E-state index contributed by atoms with van der Waals surface area (Å²) in [5, 5.41) is 0. The molecule has 0 atom stereocenters. The molecular formula is C15H18O4. The molecule has 0 bridgehead atoms. The Morgan fingerprint density at radius 2 is 1.32 bits per heavy atom. The first-order chi connectivity index (χ1) is 8.96. The van der Waals surface area contributed by atoms with Gasteiger partial charge in [-0.25, -0.2) is 0 Å². The number of ether oxygens (including phenoxy) is 2. The summed E-state index contributed by atoms with van der Waals surface area (Å²) in [4.78, 5) is 24.2. The van der Waals surface area contributed by atoms with Gasteiger partial charge in [-0.15, -0.1) is 0 Å².